The van der Waals surface area contributed by atoms with Crippen LogP contribution in [0.5, 0.6) is 0 Å². The van der Waals surface area contributed by atoms with Gasteiger partial charge in [-0.1, -0.05) is 42.5 Å². The van der Waals surface area contributed by atoms with E-state index in [1.807, 2.05) is 30.0 Å². The van der Waals surface area contributed by atoms with Crippen molar-refractivity contribution in [2.24, 2.45) is 0 Å². The number of nitrogens with zero attached hydrogens (tertiary/aromatic N) is 1. The van der Waals surface area contributed by atoms with Crippen LogP contribution in [-0.2, 0) is 11.2 Å². The molecule has 0 spiro atoms. The Kier molecular flexibility index (Phi) is 5.15. The second-order valence-corrected chi connectivity index (χ2v) is 8.84. The molecule has 4 aromatic rings. The van der Waals surface area contributed by atoms with E-state index in [0.29, 0.717) is 6.54 Å². The molecule has 0 fully saturated rings. The molecule has 1 amide bonds. The maximum atomic E-state index is 13.2. The van der Waals surface area contributed by atoms with Crippen LogP contribution < -0.4 is 10.2 Å². The highest BCUT2D eigenvalue weighted by Crippen LogP contribution is 2.33. The lowest BCUT2D eigenvalue weighted by Crippen LogP contribution is -2.45. The van der Waals surface area contributed by atoms with E-state index in [1.165, 1.54) is 21.4 Å². The van der Waals surface area contributed by atoms with Gasteiger partial charge in [-0.25, -0.2) is 0 Å². The fourth-order valence-electron chi connectivity index (χ4n) is 4.42. The third-order valence-corrected chi connectivity index (χ3v) is 7.02. The van der Waals surface area contributed by atoms with E-state index >= 15 is 0 Å². The van der Waals surface area contributed by atoms with Gasteiger partial charge in [0.05, 0.1) is 6.04 Å². The molecule has 2 aromatic heterocycles. The Labute approximate surface area is 180 Å². The summed E-state index contributed by atoms with van der Waals surface area (Å²) in [6.07, 6.45) is 3.04. The van der Waals surface area contributed by atoms with Gasteiger partial charge in [-0.15, -0.1) is 11.3 Å². The van der Waals surface area contributed by atoms with Crippen LogP contribution in [0.4, 0.5) is 5.69 Å². The second kappa shape index (κ2) is 8.09. The van der Waals surface area contributed by atoms with Gasteiger partial charge in [0, 0.05) is 46.7 Å². The van der Waals surface area contributed by atoms with Crippen LogP contribution in [-0.4, -0.2) is 30.0 Å². The van der Waals surface area contributed by atoms with E-state index in [2.05, 4.69) is 64.3 Å². The van der Waals surface area contributed by atoms with Crippen molar-refractivity contribution >= 4 is 33.8 Å². The number of carbonyl (C=O) groups is 1. The smallest absolute Gasteiger partial charge is 0.243 e. The van der Waals surface area contributed by atoms with Crippen molar-refractivity contribution in [3.05, 3.63) is 88.2 Å². The Morgan fingerprint density at radius 3 is 2.83 bits per heavy atom. The number of amides is 1. The topological polar surface area (TPSA) is 48.1 Å². The Morgan fingerprint density at radius 1 is 1.13 bits per heavy atom. The standard InChI is InChI=1S/C25H25N3OS/c1-17(25(29)28-13-12-18-7-2-5-10-23(18)28)26-16-21(24-11-6-14-30-24)20-15-27-22-9-4-3-8-19(20)22/h2-11,14-15,17,21,26-27H,12-13,16H2,1H3. The first-order valence-corrected chi connectivity index (χ1v) is 11.3. The number of aromatic nitrogens is 1. The van der Waals surface area contributed by atoms with E-state index < -0.39 is 0 Å². The minimum atomic E-state index is -0.246. The normalized spacial score (nSPS) is 15.3. The molecule has 0 bridgehead atoms. The van der Waals surface area contributed by atoms with Gasteiger partial charge in [0.15, 0.2) is 0 Å². The number of hydrogen-bond acceptors (Lipinski definition) is 3. The highest BCUT2D eigenvalue weighted by molar-refractivity contribution is 7.10. The zero-order valence-electron chi connectivity index (χ0n) is 17.0. The van der Waals surface area contributed by atoms with Crippen LogP contribution in [0.15, 0.2) is 72.2 Å². The van der Waals surface area contributed by atoms with Crippen molar-refractivity contribution in [3.63, 3.8) is 0 Å². The molecular formula is C25H25N3OS. The monoisotopic (exact) mass is 415 g/mol. The van der Waals surface area contributed by atoms with E-state index in [0.717, 1.165) is 24.2 Å². The summed E-state index contributed by atoms with van der Waals surface area (Å²) >= 11 is 1.76. The molecule has 2 aromatic carbocycles. The number of H-pyrrole nitrogens is 1. The molecule has 5 rings (SSSR count). The summed E-state index contributed by atoms with van der Waals surface area (Å²) in [4.78, 5) is 19.8. The largest absolute Gasteiger partial charge is 0.361 e. The van der Waals surface area contributed by atoms with Gasteiger partial charge < -0.3 is 15.2 Å². The number of aromatic amines is 1. The number of para-hydroxylation sites is 2. The third-order valence-electron chi connectivity index (χ3n) is 6.04. The molecule has 2 atom stereocenters. The molecule has 1 aliphatic heterocycles. The number of nitrogens with one attached hydrogen (secondary N) is 2. The van der Waals surface area contributed by atoms with Gasteiger partial charge >= 0.3 is 0 Å². The first kappa shape index (κ1) is 19.1. The summed E-state index contributed by atoms with van der Waals surface area (Å²) in [5, 5.41) is 6.89. The first-order chi connectivity index (χ1) is 14.7. The molecule has 30 heavy (non-hydrogen) atoms. The number of benzene rings is 2. The summed E-state index contributed by atoms with van der Waals surface area (Å²) in [6, 6.07) is 20.6. The number of hydrogen-bond donors (Lipinski definition) is 2. The summed E-state index contributed by atoms with van der Waals surface area (Å²) in [6.45, 7) is 3.45. The fraction of sp³-hybridized carbons (Fsp3) is 0.240. The van der Waals surface area contributed by atoms with Gasteiger partial charge in [-0.05, 0) is 48.1 Å². The van der Waals surface area contributed by atoms with Crippen molar-refractivity contribution in [1.82, 2.24) is 10.3 Å². The minimum Gasteiger partial charge on any atom is -0.361 e. The average Bonchev–Trinajstić information content (AvgIpc) is 3.53. The molecule has 0 saturated carbocycles. The number of anilines is 1. The predicted octanol–water partition coefficient (Wildman–Crippen LogP) is 4.93. The van der Waals surface area contributed by atoms with Crippen molar-refractivity contribution in [3.8, 4) is 0 Å². The molecular weight excluding hydrogens is 390 g/mol. The molecule has 152 valence electrons. The van der Waals surface area contributed by atoms with Crippen LogP contribution in [0.2, 0.25) is 0 Å². The number of thiophene rings is 1. The Balaban J connectivity index is 1.36. The van der Waals surface area contributed by atoms with Crippen molar-refractivity contribution in [2.75, 3.05) is 18.0 Å². The molecule has 1 aliphatic rings. The zero-order chi connectivity index (χ0) is 20.5. The SMILES string of the molecule is CC(NCC(c1cccs1)c1c[nH]c2ccccc12)C(=O)N1CCc2ccccc21. The molecule has 0 radical (unpaired) electrons. The highest BCUT2D eigenvalue weighted by Gasteiger charge is 2.28. The van der Waals surface area contributed by atoms with Crippen LogP contribution in [0.1, 0.15) is 28.8 Å². The quantitative estimate of drug-likeness (QED) is 0.469. The lowest BCUT2D eigenvalue weighted by atomic mass is 9.96. The van der Waals surface area contributed by atoms with E-state index in [4.69, 9.17) is 0 Å². The highest BCUT2D eigenvalue weighted by atomic mass is 32.1. The van der Waals surface area contributed by atoms with Crippen LogP contribution in [0.25, 0.3) is 10.9 Å². The third kappa shape index (κ3) is 3.44. The van der Waals surface area contributed by atoms with E-state index in [1.54, 1.807) is 11.3 Å². The second-order valence-electron chi connectivity index (χ2n) is 7.86. The van der Waals surface area contributed by atoms with Crippen LogP contribution in [0.3, 0.4) is 0 Å². The number of carbonyl (C=O) groups excluding carboxylic acids is 1. The molecule has 0 aliphatic carbocycles. The van der Waals surface area contributed by atoms with E-state index in [9.17, 15) is 4.79 Å². The molecule has 2 unspecified atom stereocenters. The Morgan fingerprint density at radius 2 is 1.97 bits per heavy atom. The van der Waals surface area contributed by atoms with Gasteiger partial charge in [-0.2, -0.15) is 0 Å². The number of fused-ring (bicyclic) bond motifs is 2. The fourth-order valence-corrected chi connectivity index (χ4v) is 5.26. The first-order valence-electron chi connectivity index (χ1n) is 10.4. The molecule has 5 heteroatoms. The van der Waals surface area contributed by atoms with Gasteiger partial charge in [-0.3, -0.25) is 4.79 Å². The lowest BCUT2D eigenvalue weighted by Gasteiger charge is -2.24. The summed E-state index contributed by atoms with van der Waals surface area (Å²) in [5.74, 6) is 0.339. The minimum absolute atomic E-state index is 0.142. The summed E-state index contributed by atoms with van der Waals surface area (Å²) < 4.78 is 0. The Hall–Kier alpha value is -2.89. The van der Waals surface area contributed by atoms with Crippen LogP contribution >= 0.6 is 11.3 Å². The van der Waals surface area contributed by atoms with Crippen molar-refractivity contribution in [1.29, 1.82) is 0 Å². The molecule has 4 nitrogen and oxygen atoms in total. The number of rotatable bonds is 6. The Bertz CT molecular complexity index is 1160. The lowest BCUT2D eigenvalue weighted by molar-refractivity contribution is -0.120. The van der Waals surface area contributed by atoms with Crippen molar-refractivity contribution < 1.29 is 4.79 Å². The summed E-state index contributed by atoms with van der Waals surface area (Å²) in [5.41, 5.74) is 4.73. The van der Waals surface area contributed by atoms with Crippen LogP contribution in [0, 0.1) is 0 Å². The summed E-state index contributed by atoms with van der Waals surface area (Å²) in [7, 11) is 0. The molecule has 3 heterocycles. The van der Waals surface area contributed by atoms with Gasteiger partial charge in [0.2, 0.25) is 5.91 Å². The van der Waals surface area contributed by atoms with Gasteiger partial charge in [0.25, 0.3) is 0 Å². The van der Waals surface area contributed by atoms with Gasteiger partial charge in [0.1, 0.15) is 0 Å². The molecule has 2 N–H and O–H groups in total. The maximum absolute atomic E-state index is 13.2. The van der Waals surface area contributed by atoms with Crippen molar-refractivity contribution in [2.45, 2.75) is 25.3 Å². The zero-order valence-corrected chi connectivity index (χ0v) is 17.8. The predicted molar refractivity (Wildman–Crippen MR) is 124 cm³/mol. The van der Waals surface area contributed by atoms with E-state index in [-0.39, 0.29) is 17.9 Å². The maximum Gasteiger partial charge on any atom is 0.243 e. The average molecular weight is 416 g/mol. The molecule has 0 saturated heterocycles.